The lowest BCUT2D eigenvalue weighted by molar-refractivity contribution is -0.00964. The van der Waals surface area contributed by atoms with Crippen LogP contribution in [0, 0.1) is 11.8 Å². The summed E-state index contributed by atoms with van der Waals surface area (Å²) in [5.41, 5.74) is 5.84. The van der Waals surface area contributed by atoms with Gasteiger partial charge in [0.15, 0.2) is 0 Å². The molecule has 16 heavy (non-hydrogen) atoms. The van der Waals surface area contributed by atoms with Crippen molar-refractivity contribution in [1.82, 2.24) is 0 Å². The molecule has 0 bridgehead atoms. The van der Waals surface area contributed by atoms with Crippen molar-refractivity contribution >= 4 is 0 Å². The van der Waals surface area contributed by atoms with Crippen LogP contribution in [0.1, 0.15) is 38.5 Å². The molecule has 3 heteroatoms. The maximum atomic E-state index is 6.09. The second-order valence-electron chi connectivity index (χ2n) is 5.24. The largest absolute Gasteiger partial charge is 0.381 e. The van der Waals surface area contributed by atoms with E-state index in [2.05, 4.69) is 0 Å². The second kappa shape index (κ2) is 6.58. The second-order valence-corrected chi connectivity index (χ2v) is 5.24. The van der Waals surface area contributed by atoms with Crippen molar-refractivity contribution in [2.45, 2.75) is 44.6 Å². The molecule has 0 radical (unpaired) electrons. The molecule has 2 rings (SSSR count). The van der Waals surface area contributed by atoms with Gasteiger partial charge in [0.2, 0.25) is 0 Å². The van der Waals surface area contributed by atoms with Crippen LogP contribution in [0.3, 0.4) is 0 Å². The minimum atomic E-state index is 0.410. The summed E-state index contributed by atoms with van der Waals surface area (Å²) in [6.07, 6.45) is 8.02. The zero-order valence-electron chi connectivity index (χ0n) is 10.2. The first-order valence-corrected chi connectivity index (χ1v) is 6.79. The van der Waals surface area contributed by atoms with E-state index in [1.54, 1.807) is 0 Å². The summed E-state index contributed by atoms with van der Waals surface area (Å²) in [6, 6.07) is 0. The number of hydrogen-bond acceptors (Lipinski definition) is 3. The third-order valence-corrected chi connectivity index (χ3v) is 3.96. The first-order chi connectivity index (χ1) is 7.90. The van der Waals surface area contributed by atoms with Gasteiger partial charge in [-0.3, -0.25) is 0 Å². The summed E-state index contributed by atoms with van der Waals surface area (Å²) in [7, 11) is 0. The van der Waals surface area contributed by atoms with Gasteiger partial charge in [-0.2, -0.15) is 0 Å². The fourth-order valence-corrected chi connectivity index (χ4v) is 2.81. The van der Waals surface area contributed by atoms with Gasteiger partial charge in [0, 0.05) is 12.5 Å². The molecule has 3 atom stereocenters. The molecular formula is C13H25NO2. The zero-order chi connectivity index (χ0) is 11.2. The molecule has 2 N–H and O–H groups in total. The van der Waals surface area contributed by atoms with Gasteiger partial charge in [-0.05, 0) is 31.7 Å². The molecule has 3 unspecified atom stereocenters. The molecule has 0 aromatic carbocycles. The van der Waals surface area contributed by atoms with Crippen molar-refractivity contribution in [3.63, 3.8) is 0 Å². The Morgan fingerprint density at radius 2 is 2.00 bits per heavy atom. The van der Waals surface area contributed by atoms with Gasteiger partial charge in [-0.15, -0.1) is 0 Å². The zero-order valence-corrected chi connectivity index (χ0v) is 10.2. The van der Waals surface area contributed by atoms with E-state index in [0.717, 1.165) is 26.4 Å². The molecular weight excluding hydrogens is 202 g/mol. The summed E-state index contributed by atoms with van der Waals surface area (Å²) in [5.74, 6) is 1.21. The topological polar surface area (TPSA) is 44.5 Å². The lowest BCUT2D eigenvalue weighted by atomic mass is 9.97. The van der Waals surface area contributed by atoms with E-state index >= 15 is 0 Å². The Hall–Kier alpha value is -0.120. The molecule has 1 aliphatic heterocycles. The highest BCUT2D eigenvalue weighted by Crippen LogP contribution is 2.26. The predicted molar refractivity (Wildman–Crippen MR) is 64.3 cm³/mol. The Morgan fingerprint density at radius 3 is 2.75 bits per heavy atom. The van der Waals surface area contributed by atoms with E-state index in [9.17, 15) is 0 Å². The van der Waals surface area contributed by atoms with Gasteiger partial charge in [0.1, 0.15) is 0 Å². The van der Waals surface area contributed by atoms with Gasteiger partial charge in [-0.25, -0.2) is 0 Å². The highest BCUT2D eigenvalue weighted by Gasteiger charge is 2.25. The predicted octanol–water partition coefficient (Wildman–Crippen LogP) is 1.95. The van der Waals surface area contributed by atoms with Crippen LogP contribution in [0.2, 0.25) is 0 Å². The van der Waals surface area contributed by atoms with Crippen LogP contribution in [0.25, 0.3) is 0 Å². The van der Waals surface area contributed by atoms with Gasteiger partial charge >= 0.3 is 0 Å². The van der Waals surface area contributed by atoms with E-state index in [4.69, 9.17) is 15.2 Å². The monoisotopic (exact) mass is 227 g/mol. The number of nitrogens with two attached hydrogens (primary N) is 1. The van der Waals surface area contributed by atoms with Crippen molar-refractivity contribution in [2.24, 2.45) is 17.6 Å². The lowest BCUT2D eigenvalue weighted by Gasteiger charge is -2.25. The number of ether oxygens (including phenoxy) is 2. The molecule has 0 spiro atoms. The lowest BCUT2D eigenvalue weighted by Crippen LogP contribution is -2.31. The Balaban J connectivity index is 1.75. The molecule has 1 saturated carbocycles. The summed E-state index contributed by atoms with van der Waals surface area (Å²) >= 11 is 0. The molecule has 2 aliphatic rings. The Labute approximate surface area is 98.7 Å². The number of rotatable bonds is 4. The molecule has 94 valence electrons. The molecule has 1 heterocycles. The Kier molecular flexibility index (Phi) is 5.07. The van der Waals surface area contributed by atoms with Crippen molar-refractivity contribution in [1.29, 1.82) is 0 Å². The fourth-order valence-electron chi connectivity index (χ4n) is 2.81. The van der Waals surface area contributed by atoms with Crippen LogP contribution in [0.5, 0.6) is 0 Å². The molecule has 2 fully saturated rings. The maximum Gasteiger partial charge on any atom is 0.0615 e. The van der Waals surface area contributed by atoms with Gasteiger partial charge < -0.3 is 15.2 Å². The molecule has 0 amide bonds. The first-order valence-electron chi connectivity index (χ1n) is 6.79. The molecule has 0 aromatic heterocycles. The van der Waals surface area contributed by atoms with E-state index in [1.807, 2.05) is 0 Å². The summed E-state index contributed by atoms with van der Waals surface area (Å²) < 4.78 is 11.5. The van der Waals surface area contributed by atoms with E-state index in [-0.39, 0.29) is 0 Å². The standard InChI is InChI=1S/C13H25NO2/c14-8-12-4-2-1-3-5-13(12)16-10-11-6-7-15-9-11/h11-13H,1-10,14H2. The molecule has 1 saturated heterocycles. The molecule has 0 aromatic rings. The quantitative estimate of drug-likeness (QED) is 0.747. The van der Waals surface area contributed by atoms with Crippen molar-refractivity contribution in [2.75, 3.05) is 26.4 Å². The van der Waals surface area contributed by atoms with E-state index in [0.29, 0.717) is 17.9 Å². The highest BCUT2D eigenvalue weighted by atomic mass is 16.5. The highest BCUT2D eigenvalue weighted by molar-refractivity contribution is 4.76. The van der Waals surface area contributed by atoms with Gasteiger partial charge in [-0.1, -0.05) is 19.3 Å². The van der Waals surface area contributed by atoms with E-state index in [1.165, 1.54) is 38.5 Å². The Morgan fingerprint density at radius 1 is 1.12 bits per heavy atom. The van der Waals surface area contributed by atoms with Crippen LogP contribution in [0.15, 0.2) is 0 Å². The van der Waals surface area contributed by atoms with E-state index < -0.39 is 0 Å². The van der Waals surface area contributed by atoms with Crippen molar-refractivity contribution in [3.8, 4) is 0 Å². The van der Waals surface area contributed by atoms with Crippen LogP contribution in [-0.4, -0.2) is 32.5 Å². The van der Waals surface area contributed by atoms with Crippen LogP contribution in [0.4, 0.5) is 0 Å². The minimum Gasteiger partial charge on any atom is -0.381 e. The summed E-state index contributed by atoms with van der Waals surface area (Å²) in [6.45, 7) is 3.46. The van der Waals surface area contributed by atoms with Crippen LogP contribution >= 0.6 is 0 Å². The Bertz CT molecular complexity index is 192. The van der Waals surface area contributed by atoms with Crippen molar-refractivity contribution < 1.29 is 9.47 Å². The van der Waals surface area contributed by atoms with Crippen molar-refractivity contribution in [3.05, 3.63) is 0 Å². The maximum absolute atomic E-state index is 6.09. The fraction of sp³-hybridized carbons (Fsp3) is 1.00. The minimum absolute atomic E-state index is 0.410. The smallest absolute Gasteiger partial charge is 0.0615 e. The SMILES string of the molecule is NCC1CCCCCC1OCC1CCOC1. The van der Waals surface area contributed by atoms with Crippen LogP contribution < -0.4 is 5.73 Å². The third-order valence-electron chi connectivity index (χ3n) is 3.96. The van der Waals surface area contributed by atoms with Gasteiger partial charge in [0.05, 0.1) is 19.3 Å². The average molecular weight is 227 g/mol. The normalized spacial score (nSPS) is 36.2. The summed E-state index contributed by atoms with van der Waals surface area (Å²) in [5, 5.41) is 0. The third kappa shape index (κ3) is 3.44. The molecule has 3 nitrogen and oxygen atoms in total. The summed E-state index contributed by atoms with van der Waals surface area (Å²) in [4.78, 5) is 0. The molecule has 1 aliphatic carbocycles. The average Bonchev–Trinajstić information content (AvgIpc) is 2.71. The number of hydrogen-bond donors (Lipinski definition) is 1. The first kappa shape index (κ1) is 12.3. The van der Waals surface area contributed by atoms with Crippen LogP contribution in [-0.2, 0) is 9.47 Å². The van der Waals surface area contributed by atoms with Gasteiger partial charge in [0.25, 0.3) is 0 Å².